The fourth-order valence-corrected chi connectivity index (χ4v) is 1.76. The molecule has 0 aromatic heterocycles. The zero-order valence-electron chi connectivity index (χ0n) is 9.89. The van der Waals surface area contributed by atoms with E-state index in [1.165, 1.54) is 6.07 Å². The van der Waals surface area contributed by atoms with E-state index < -0.39 is 0 Å². The Morgan fingerprint density at radius 2 is 2.25 bits per heavy atom. The molecule has 0 bridgehead atoms. The second-order valence-corrected chi connectivity index (χ2v) is 3.92. The number of aryl methyl sites for hydroxylation is 1. The molecule has 0 saturated carbocycles. The Labute approximate surface area is 97.1 Å². The molecule has 86 valence electrons. The topological polar surface area (TPSA) is 12.0 Å². The molecule has 1 atom stereocenters. The van der Waals surface area contributed by atoms with E-state index >= 15 is 0 Å². The first kappa shape index (κ1) is 12.7. The molecule has 1 unspecified atom stereocenters. The van der Waals surface area contributed by atoms with E-state index in [1.807, 2.05) is 13.0 Å². The molecule has 1 N–H and O–H groups in total. The first-order chi connectivity index (χ1) is 7.69. The van der Waals surface area contributed by atoms with Crippen LogP contribution in [0.5, 0.6) is 0 Å². The largest absolute Gasteiger partial charge is 0.309 e. The number of nitrogens with one attached hydrogen (secondary N) is 1. The van der Waals surface area contributed by atoms with E-state index in [0.717, 1.165) is 24.1 Å². The van der Waals surface area contributed by atoms with Gasteiger partial charge in [0.1, 0.15) is 5.82 Å². The fourth-order valence-electron chi connectivity index (χ4n) is 1.76. The smallest absolute Gasteiger partial charge is 0.123 e. The van der Waals surface area contributed by atoms with Crippen LogP contribution in [0.15, 0.2) is 18.2 Å². The quantitative estimate of drug-likeness (QED) is 0.750. The third-order valence-corrected chi connectivity index (χ3v) is 2.57. The molecule has 1 aromatic carbocycles. The van der Waals surface area contributed by atoms with Crippen molar-refractivity contribution in [1.82, 2.24) is 5.32 Å². The van der Waals surface area contributed by atoms with Gasteiger partial charge in [0.2, 0.25) is 0 Å². The van der Waals surface area contributed by atoms with Gasteiger partial charge < -0.3 is 5.32 Å². The normalized spacial score (nSPS) is 12.1. The molecular weight excluding hydrogens is 201 g/mol. The maximum atomic E-state index is 13.0. The van der Waals surface area contributed by atoms with Gasteiger partial charge in [-0.1, -0.05) is 13.0 Å². The van der Waals surface area contributed by atoms with Crippen molar-refractivity contribution < 1.29 is 4.39 Å². The highest BCUT2D eigenvalue weighted by Crippen LogP contribution is 2.21. The van der Waals surface area contributed by atoms with E-state index in [1.54, 1.807) is 6.07 Å². The van der Waals surface area contributed by atoms with Crippen molar-refractivity contribution in [3.8, 4) is 12.3 Å². The summed E-state index contributed by atoms with van der Waals surface area (Å²) in [5.74, 6) is 2.46. The van der Waals surface area contributed by atoms with E-state index in [2.05, 4.69) is 18.2 Å². The Morgan fingerprint density at radius 3 is 2.81 bits per heavy atom. The molecule has 0 spiro atoms. The van der Waals surface area contributed by atoms with Crippen LogP contribution in [0, 0.1) is 25.1 Å². The van der Waals surface area contributed by atoms with Gasteiger partial charge in [-0.2, -0.15) is 0 Å². The third kappa shape index (κ3) is 3.36. The molecule has 0 fully saturated rings. The summed E-state index contributed by atoms with van der Waals surface area (Å²) < 4.78 is 13.0. The van der Waals surface area contributed by atoms with Crippen molar-refractivity contribution >= 4 is 0 Å². The molecule has 1 nitrogen and oxygen atoms in total. The fraction of sp³-hybridized carbons (Fsp3) is 0.429. The molecule has 1 rings (SSSR count). The number of hydrogen-bond acceptors (Lipinski definition) is 1. The Bertz CT molecular complexity index is 379. The third-order valence-electron chi connectivity index (χ3n) is 2.57. The van der Waals surface area contributed by atoms with Crippen molar-refractivity contribution in [2.24, 2.45) is 0 Å². The average Bonchev–Trinajstić information content (AvgIpc) is 2.25. The molecule has 0 aliphatic carbocycles. The minimum atomic E-state index is -0.198. The van der Waals surface area contributed by atoms with Gasteiger partial charge in [-0.05, 0) is 43.1 Å². The molecule has 0 heterocycles. The zero-order valence-corrected chi connectivity index (χ0v) is 9.89. The summed E-state index contributed by atoms with van der Waals surface area (Å²) in [6.07, 6.45) is 7.04. The first-order valence-electron chi connectivity index (χ1n) is 5.62. The lowest BCUT2D eigenvalue weighted by atomic mass is 9.99. The number of halogens is 1. The highest BCUT2D eigenvalue weighted by Gasteiger charge is 2.11. The van der Waals surface area contributed by atoms with Crippen LogP contribution in [-0.4, -0.2) is 6.54 Å². The molecule has 2 heteroatoms. The van der Waals surface area contributed by atoms with E-state index in [4.69, 9.17) is 6.42 Å². The number of rotatable bonds is 5. The summed E-state index contributed by atoms with van der Waals surface area (Å²) in [7, 11) is 0. The van der Waals surface area contributed by atoms with Crippen molar-refractivity contribution in [2.45, 2.75) is 32.7 Å². The number of benzene rings is 1. The van der Waals surface area contributed by atoms with Crippen LogP contribution in [0.2, 0.25) is 0 Å². The van der Waals surface area contributed by atoms with Gasteiger partial charge in [0.25, 0.3) is 0 Å². The van der Waals surface area contributed by atoms with E-state index in [0.29, 0.717) is 6.42 Å². The molecule has 0 amide bonds. The molecule has 16 heavy (non-hydrogen) atoms. The van der Waals surface area contributed by atoms with E-state index in [-0.39, 0.29) is 11.9 Å². The van der Waals surface area contributed by atoms with Gasteiger partial charge >= 0.3 is 0 Å². The summed E-state index contributed by atoms with van der Waals surface area (Å²) in [5.41, 5.74) is 2.04. The maximum absolute atomic E-state index is 13.0. The van der Waals surface area contributed by atoms with Crippen molar-refractivity contribution in [3.63, 3.8) is 0 Å². The molecular formula is C14H18FN. The van der Waals surface area contributed by atoms with Crippen molar-refractivity contribution in [1.29, 1.82) is 0 Å². The van der Waals surface area contributed by atoms with Crippen LogP contribution in [0.25, 0.3) is 0 Å². The molecule has 0 aliphatic heterocycles. The zero-order chi connectivity index (χ0) is 12.0. The predicted octanol–water partition coefficient (Wildman–Crippen LogP) is 3.20. The van der Waals surface area contributed by atoms with Gasteiger partial charge in [-0.3, -0.25) is 0 Å². The lowest BCUT2D eigenvalue weighted by Gasteiger charge is -2.18. The summed E-state index contributed by atoms with van der Waals surface area (Å²) in [5, 5.41) is 3.38. The van der Waals surface area contributed by atoms with Crippen LogP contribution in [0.1, 0.15) is 36.9 Å². The minimum absolute atomic E-state index is 0.130. The van der Waals surface area contributed by atoms with E-state index in [9.17, 15) is 4.39 Å². The lowest BCUT2D eigenvalue weighted by Crippen LogP contribution is -2.22. The summed E-state index contributed by atoms with van der Waals surface area (Å²) in [4.78, 5) is 0. The van der Waals surface area contributed by atoms with Gasteiger partial charge in [-0.15, -0.1) is 12.3 Å². The van der Waals surface area contributed by atoms with Crippen LogP contribution in [-0.2, 0) is 0 Å². The van der Waals surface area contributed by atoms with Crippen LogP contribution < -0.4 is 5.32 Å². The SMILES string of the molecule is C#CCC(NCCC)c1ccc(F)cc1C. The van der Waals surface area contributed by atoms with Crippen molar-refractivity contribution in [2.75, 3.05) is 6.54 Å². The predicted molar refractivity (Wildman–Crippen MR) is 65.6 cm³/mol. The van der Waals surface area contributed by atoms with Crippen LogP contribution in [0.3, 0.4) is 0 Å². The highest BCUT2D eigenvalue weighted by molar-refractivity contribution is 5.30. The molecule has 0 radical (unpaired) electrons. The lowest BCUT2D eigenvalue weighted by molar-refractivity contribution is 0.538. The monoisotopic (exact) mass is 219 g/mol. The highest BCUT2D eigenvalue weighted by atomic mass is 19.1. The van der Waals surface area contributed by atoms with Crippen LogP contribution >= 0.6 is 0 Å². The van der Waals surface area contributed by atoms with Gasteiger partial charge in [0.15, 0.2) is 0 Å². The Balaban J connectivity index is 2.88. The summed E-state index contributed by atoms with van der Waals surface area (Å²) in [6, 6.07) is 4.98. The summed E-state index contributed by atoms with van der Waals surface area (Å²) >= 11 is 0. The number of terminal acetylenes is 1. The van der Waals surface area contributed by atoms with Crippen molar-refractivity contribution in [3.05, 3.63) is 35.1 Å². The Morgan fingerprint density at radius 1 is 1.50 bits per heavy atom. The second kappa shape index (κ2) is 6.30. The average molecular weight is 219 g/mol. The summed E-state index contributed by atoms with van der Waals surface area (Å²) in [6.45, 7) is 4.94. The minimum Gasteiger partial charge on any atom is -0.309 e. The van der Waals surface area contributed by atoms with Gasteiger partial charge in [-0.25, -0.2) is 4.39 Å². The molecule has 1 aromatic rings. The van der Waals surface area contributed by atoms with Crippen LogP contribution in [0.4, 0.5) is 4.39 Å². The second-order valence-electron chi connectivity index (χ2n) is 3.92. The standard InChI is InChI=1S/C14H18FN/c1-4-6-14(16-9-5-2)13-8-7-12(15)10-11(13)3/h1,7-8,10,14,16H,5-6,9H2,2-3H3. The van der Waals surface area contributed by atoms with Gasteiger partial charge in [0.05, 0.1) is 0 Å². The Hall–Kier alpha value is -1.33. The molecule has 0 aliphatic rings. The maximum Gasteiger partial charge on any atom is 0.123 e. The Kier molecular flexibility index (Phi) is 5.01. The van der Waals surface area contributed by atoms with Gasteiger partial charge in [0, 0.05) is 12.5 Å². The molecule has 0 saturated heterocycles. The first-order valence-corrected chi connectivity index (χ1v) is 5.62. The number of hydrogen-bond donors (Lipinski definition) is 1.